The van der Waals surface area contributed by atoms with Gasteiger partial charge in [0.2, 0.25) is 0 Å². The molecule has 0 radical (unpaired) electrons. The molecule has 0 bridgehead atoms. The summed E-state index contributed by atoms with van der Waals surface area (Å²) in [6.45, 7) is 16.1. The summed E-state index contributed by atoms with van der Waals surface area (Å²) in [5.41, 5.74) is -10.0. The molecular formula is C46H70Cl2O16. The lowest BCUT2D eigenvalue weighted by Gasteiger charge is -2.35. The van der Waals surface area contributed by atoms with Crippen molar-refractivity contribution >= 4 is 64.6 Å². The fourth-order valence-corrected chi connectivity index (χ4v) is 4.86. The van der Waals surface area contributed by atoms with E-state index in [1.165, 1.54) is 62.3 Å². The molecule has 2 atom stereocenters. The Morgan fingerprint density at radius 2 is 0.734 bits per heavy atom. The zero-order chi connectivity index (χ0) is 49.2. The quantitative estimate of drug-likeness (QED) is 0.0336. The number of benzene rings is 1. The van der Waals surface area contributed by atoms with Crippen molar-refractivity contribution in [2.45, 2.75) is 132 Å². The van der Waals surface area contributed by atoms with E-state index in [0.29, 0.717) is 18.4 Å². The summed E-state index contributed by atoms with van der Waals surface area (Å²) in [4.78, 5) is 91.9. The number of alkyl halides is 2. The van der Waals surface area contributed by atoms with Gasteiger partial charge in [0.25, 0.3) is 0 Å². The Morgan fingerprint density at radius 1 is 0.422 bits per heavy atom. The first-order chi connectivity index (χ1) is 29.4. The first kappa shape index (κ1) is 58.3. The number of esters is 5. The van der Waals surface area contributed by atoms with Crippen LogP contribution in [0, 0.1) is 16.2 Å². The van der Waals surface area contributed by atoms with E-state index in [4.69, 9.17) is 65.8 Å². The second kappa shape index (κ2) is 25.3. The van der Waals surface area contributed by atoms with Gasteiger partial charge in [-0.2, -0.15) is 0 Å². The van der Waals surface area contributed by atoms with E-state index in [0.717, 1.165) is 0 Å². The summed E-state index contributed by atoms with van der Waals surface area (Å²) < 4.78 is 51.4. The van der Waals surface area contributed by atoms with Crippen molar-refractivity contribution in [3.63, 3.8) is 0 Å². The maximum Gasteiger partial charge on any atom is 0.337 e. The lowest BCUT2D eigenvalue weighted by Crippen LogP contribution is -2.49. The highest BCUT2D eigenvalue weighted by Gasteiger charge is 2.46. The zero-order valence-electron chi connectivity index (χ0n) is 39.9. The van der Waals surface area contributed by atoms with Crippen molar-refractivity contribution in [1.29, 1.82) is 0 Å². The SMILES string of the molecule is CC(=O)C(C)(C)OCC(C)(COC(=O)C(C)(C)OCC(C)(COC(C)(C)C(=O)OCC(C)(COC(C)(C)C(C)=O)C(=O)OCCCCl)C(=O)OCc1ccccc1)C(=O)OCCCCl. The maximum absolute atomic E-state index is 13.9. The van der Waals surface area contributed by atoms with Crippen molar-refractivity contribution in [3.8, 4) is 0 Å². The van der Waals surface area contributed by atoms with Gasteiger partial charge in [0, 0.05) is 11.8 Å². The molecule has 0 saturated carbocycles. The molecule has 0 N–H and O–H groups in total. The highest BCUT2D eigenvalue weighted by molar-refractivity contribution is 6.18. The van der Waals surface area contributed by atoms with Crippen LogP contribution in [0.3, 0.4) is 0 Å². The van der Waals surface area contributed by atoms with Gasteiger partial charge in [-0.15, -0.1) is 23.2 Å². The van der Waals surface area contributed by atoms with E-state index in [-0.39, 0.29) is 56.4 Å². The second-order valence-electron chi connectivity index (χ2n) is 18.6. The van der Waals surface area contributed by atoms with Crippen LogP contribution in [0.2, 0.25) is 0 Å². The Kier molecular flexibility index (Phi) is 23.1. The van der Waals surface area contributed by atoms with E-state index in [2.05, 4.69) is 0 Å². The minimum absolute atomic E-state index is 0.00520. The Hall–Kier alpha value is -3.67. The zero-order valence-corrected chi connectivity index (χ0v) is 41.4. The van der Waals surface area contributed by atoms with Crippen LogP contribution in [0.25, 0.3) is 0 Å². The average Bonchev–Trinajstić information content (AvgIpc) is 3.24. The second-order valence-corrected chi connectivity index (χ2v) is 19.3. The molecule has 0 aromatic heterocycles. The van der Waals surface area contributed by atoms with Gasteiger partial charge >= 0.3 is 29.8 Å². The topological polar surface area (TPSA) is 203 Å². The molecular weight excluding hydrogens is 879 g/mol. The van der Waals surface area contributed by atoms with E-state index in [9.17, 15) is 33.6 Å². The smallest absolute Gasteiger partial charge is 0.337 e. The predicted octanol–water partition coefficient (Wildman–Crippen LogP) is 6.54. The standard InChI is InChI=1S/C46H70Cl2O16/c1-32(49)40(3,4)61-28-44(11,37(53)56-23-17-21-47)26-59-35(51)42(7,8)63-30-46(13,39(55)58-25-34-19-15-14-16-20-34)31-64-43(9,10)36(52)60-27-45(12,38(54)57-24-18-22-48)29-62-41(5,6)33(2)50/h14-16,19-20H,17-18,21-31H2,1-13H3. The number of carbonyl (C=O) groups is 7. The highest BCUT2D eigenvalue weighted by Crippen LogP contribution is 2.30. The molecule has 0 aliphatic heterocycles. The summed E-state index contributed by atoms with van der Waals surface area (Å²) in [7, 11) is 0. The maximum atomic E-state index is 13.9. The van der Waals surface area contributed by atoms with Crippen LogP contribution in [0.5, 0.6) is 0 Å². The Labute approximate surface area is 388 Å². The largest absolute Gasteiger partial charge is 0.465 e. The fourth-order valence-electron chi connectivity index (χ4n) is 4.64. The van der Waals surface area contributed by atoms with Gasteiger partial charge in [0.05, 0.1) is 39.6 Å². The summed E-state index contributed by atoms with van der Waals surface area (Å²) in [5, 5.41) is 0. The first-order valence-corrected chi connectivity index (χ1v) is 22.1. The van der Waals surface area contributed by atoms with Crippen molar-refractivity contribution in [2.24, 2.45) is 16.2 Å². The van der Waals surface area contributed by atoms with Crippen molar-refractivity contribution < 1.29 is 76.2 Å². The molecule has 0 fully saturated rings. The van der Waals surface area contributed by atoms with Gasteiger partial charge < -0.3 is 42.6 Å². The van der Waals surface area contributed by atoms with E-state index in [1.807, 2.05) is 0 Å². The van der Waals surface area contributed by atoms with Gasteiger partial charge in [-0.1, -0.05) is 30.3 Å². The van der Waals surface area contributed by atoms with Crippen LogP contribution in [0.1, 0.15) is 108 Å². The molecule has 0 saturated heterocycles. The van der Waals surface area contributed by atoms with Gasteiger partial charge in [-0.25, -0.2) is 9.59 Å². The molecule has 364 valence electrons. The molecule has 2 unspecified atom stereocenters. The van der Waals surface area contributed by atoms with E-state index < -0.39 is 94.9 Å². The number of ether oxygens (including phenoxy) is 9. The molecule has 0 aliphatic rings. The molecule has 64 heavy (non-hydrogen) atoms. The first-order valence-electron chi connectivity index (χ1n) is 21.0. The number of carbonyl (C=O) groups excluding carboxylic acids is 7. The highest BCUT2D eigenvalue weighted by atomic mass is 35.5. The number of hydrogen-bond donors (Lipinski definition) is 0. The number of hydrogen-bond acceptors (Lipinski definition) is 16. The molecule has 0 heterocycles. The van der Waals surface area contributed by atoms with E-state index in [1.54, 1.807) is 58.0 Å². The van der Waals surface area contributed by atoms with Crippen LogP contribution >= 0.6 is 23.2 Å². The van der Waals surface area contributed by atoms with Gasteiger partial charge in [-0.3, -0.25) is 24.0 Å². The third kappa shape index (κ3) is 18.7. The molecule has 1 aromatic rings. The summed E-state index contributed by atoms with van der Waals surface area (Å²) >= 11 is 11.5. The molecule has 0 amide bonds. The summed E-state index contributed by atoms with van der Waals surface area (Å²) in [6, 6.07) is 8.88. The lowest BCUT2D eigenvalue weighted by atomic mass is 9.91. The summed E-state index contributed by atoms with van der Waals surface area (Å²) in [6.07, 6.45) is 0.753. The number of halogens is 2. The van der Waals surface area contributed by atoms with Gasteiger partial charge in [-0.05, 0) is 108 Å². The Bertz CT molecular complexity index is 1630. The normalized spacial score (nSPS) is 15.1. The van der Waals surface area contributed by atoms with Crippen molar-refractivity contribution in [3.05, 3.63) is 35.9 Å². The number of Topliss-reactive ketones (excluding diaryl/α,β-unsaturated/α-hetero) is 2. The third-order valence-electron chi connectivity index (χ3n) is 10.4. The van der Waals surface area contributed by atoms with Crippen LogP contribution in [0.4, 0.5) is 0 Å². The van der Waals surface area contributed by atoms with Crippen LogP contribution in [0.15, 0.2) is 30.3 Å². The average molecular weight is 950 g/mol. The summed E-state index contributed by atoms with van der Waals surface area (Å²) in [5.74, 6) is -4.19. The Balaban J connectivity index is 3.32. The third-order valence-corrected chi connectivity index (χ3v) is 11.0. The number of rotatable bonds is 31. The van der Waals surface area contributed by atoms with Gasteiger partial charge in [0.15, 0.2) is 22.8 Å². The molecule has 1 aromatic carbocycles. The lowest BCUT2D eigenvalue weighted by molar-refractivity contribution is -0.196. The van der Waals surface area contributed by atoms with E-state index >= 15 is 0 Å². The fraction of sp³-hybridized carbons (Fsp3) is 0.717. The molecule has 0 aliphatic carbocycles. The van der Waals surface area contributed by atoms with Crippen LogP contribution in [-0.4, -0.2) is 128 Å². The monoisotopic (exact) mass is 948 g/mol. The minimum Gasteiger partial charge on any atom is -0.465 e. The van der Waals surface area contributed by atoms with Crippen molar-refractivity contribution in [1.82, 2.24) is 0 Å². The number of ketones is 2. The molecule has 18 heteroatoms. The Morgan fingerprint density at radius 3 is 1.06 bits per heavy atom. The van der Waals surface area contributed by atoms with Gasteiger partial charge in [0.1, 0.15) is 47.3 Å². The predicted molar refractivity (Wildman–Crippen MR) is 237 cm³/mol. The van der Waals surface area contributed by atoms with Crippen molar-refractivity contribution in [2.75, 3.05) is 64.6 Å². The van der Waals surface area contributed by atoms with Crippen LogP contribution < -0.4 is 0 Å². The molecule has 16 nitrogen and oxygen atoms in total. The molecule has 0 spiro atoms. The molecule has 1 rings (SSSR count). The minimum atomic E-state index is -1.74. The van der Waals surface area contributed by atoms with Crippen LogP contribution in [-0.2, 0) is 82.8 Å².